The molecular formula is C21H16N4O3S. The first kappa shape index (κ1) is 17.4. The van der Waals surface area contributed by atoms with Crippen LogP contribution in [0.4, 0.5) is 11.4 Å². The second kappa shape index (κ2) is 6.75. The van der Waals surface area contributed by atoms with Crippen LogP contribution in [-0.4, -0.2) is 29.9 Å². The van der Waals surface area contributed by atoms with Gasteiger partial charge in [-0.15, -0.1) is 11.3 Å². The molecule has 1 aliphatic heterocycles. The lowest BCUT2D eigenvalue weighted by atomic mass is 10.1. The highest BCUT2D eigenvalue weighted by Crippen LogP contribution is 2.39. The van der Waals surface area contributed by atoms with Crippen molar-refractivity contribution in [3.8, 4) is 11.5 Å². The Morgan fingerprint density at radius 1 is 1.21 bits per heavy atom. The van der Waals surface area contributed by atoms with Crippen molar-refractivity contribution in [3.05, 3.63) is 53.9 Å². The highest BCUT2D eigenvalue weighted by atomic mass is 32.1. The summed E-state index contributed by atoms with van der Waals surface area (Å²) >= 11 is 1.47. The van der Waals surface area contributed by atoms with E-state index in [1.165, 1.54) is 17.4 Å². The van der Waals surface area contributed by atoms with Gasteiger partial charge in [0.05, 0.1) is 5.69 Å². The molecule has 0 atom stereocenters. The zero-order valence-corrected chi connectivity index (χ0v) is 16.1. The van der Waals surface area contributed by atoms with E-state index in [4.69, 9.17) is 4.42 Å². The molecule has 8 heteroatoms. The maximum atomic E-state index is 12.3. The standard InChI is InChI=1S/C21H16N4O3S/c1-2-17(26)24-12-4-5-15-14(10-12)25-21(28-15)11-3-6-16-13(9-11)18-19(29-16)20(27)23-8-7-22-18/h2-6,9-10,22H,1,7-8H2,(H,23,27)(H,24,26). The minimum absolute atomic E-state index is 0.0521. The number of nitrogens with zero attached hydrogens (tertiary/aromatic N) is 1. The van der Waals surface area contributed by atoms with Crippen molar-refractivity contribution in [2.24, 2.45) is 0 Å². The molecule has 2 aromatic carbocycles. The van der Waals surface area contributed by atoms with Gasteiger partial charge in [-0.1, -0.05) is 6.58 Å². The lowest BCUT2D eigenvalue weighted by molar-refractivity contribution is -0.111. The van der Waals surface area contributed by atoms with Crippen molar-refractivity contribution >= 4 is 55.7 Å². The highest BCUT2D eigenvalue weighted by molar-refractivity contribution is 7.21. The summed E-state index contributed by atoms with van der Waals surface area (Å²) in [7, 11) is 0. The van der Waals surface area contributed by atoms with Crippen LogP contribution in [0.1, 0.15) is 9.67 Å². The molecule has 0 unspecified atom stereocenters. The van der Waals surface area contributed by atoms with E-state index in [2.05, 4.69) is 27.5 Å². The van der Waals surface area contributed by atoms with Gasteiger partial charge in [0, 0.05) is 34.4 Å². The average molecular weight is 404 g/mol. The van der Waals surface area contributed by atoms with Gasteiger partial charge in [0.1, 0.15) is 10.4 Å². The number of hydrogen-bond donors (Lipinski definition) is 3. The van der Waals surface area contributed by atoms with Gasteiger partial charge < -0.3 is 20.4 Å². The molecular weight excluding hydrogens is 388 g/mol. The molecule has 0 saturated heterocycles. The van der Waals surface area contributed by atoms with E-state index in [0.717, 1.165) is 21.3 Å². The summed E-state index contributed by atoms with van der Waals surface area (Å²) in [5.41, 5.74) is 3.56. The number of benzene rings is 2. The number of amides is 2. The zero-order chi connectivity index (χ0) is 20.0. The third-order valence-corrected chi connectivity index (χ3v) is 5.86. The summed E-state index contributed by atoms with van der Waals surface area (Å²) in [5, 5.41) is 9.92. The second-order valence-corrected chi connectivity index (χ2v) is 7.65. The third-order valence-electron chi connectivity index (χ3n) is 4.69. The number of rotatable bonds is 3. The van der Waals surface area contributed by atoms with E-state index in [0.29, 0.717) is 40.6 Å². The first-order valence-corrected chi connectivity index (χ1v) is 9.87. The Kier molecular flexibility index (Phi) is 4.06. The quantitative estimate of drug-likeness (QED) is 0.449. The number of anilines is 2. The molecule has 3 N–H and O–H groups in total. The van der Waals surface area contributed by atoms with Gasteiger partial charge in [0.15, 0.2) is 5.58 Å². The Balaban J connectivity index is 1.57. The van der Waals surface area contributed by atoms with E-state index in [-0.39, 0.29) is 11.8 Å². The van der Waals surface area contributed by atoms with Crippen molar-refractivity contribution in [1.29, 1.82) is 0 Å². The fraction of sp³-hybridized carbons (Fsp3) is 0.0952. The minimum atomic E-state index is -0.284. The molecule has 0 fully saturated rings. The summed E-state index contributed by atoms with van der Waals surface area (Å²) in [4.78, 5) is 29.0. The number of carbonyl (C=O) groups is 2. The predicted octanol–water partition coefficient (Wildman–Crippen LogP) is 3.99. The van der Waals surface area contributed by atoms with E-state index >= 15 is 0 Å². The Morgan fingerprint density at radius 3 is 2.93 bits per heavy atom. The van der Waals surface area contributed by atoms with Crippen molar-refractivity contribution in [1.82, 2.24) is 10.3 Å². The van der Waals surface area contributed by atoms with Crippen LogP contribution in [0, 0.1) is 0 Å². The summed E-state index contributed by atoms with van der Waals surface area (Å²) in [6, 6.07) is 11.2. The molecule has 5 rings (SSSR count). The van der Waals surface area contributed by atoms with Crippen LogP contribution in [-0.2, 0) is 4.79 Å². The maximum Gasteiger partial charge on any atom is 0.263 e. The predicted molar refractivity (Wildman–Crippen MR) is 114 cm³/mol. The molecule has 29 heavy (non-hydrogen) atoms. The molecule has 144 valence electrons. The van der Waals surface area contributed by atoms with Crippen LogP contribution >= 0.6 is 11.3 Å². The number of thiophene rings is 1. The number of oxazole rings is 1. The molecule has 0 spiro atoms. The maximum absolute atomic E-state index is 12.3. The van der Waals surface area contributed by atoms with E-state index in [1.54, 1.807) is 18.2 Å². The van der Waals surface area contributed by atoms with Crippen molar-refractivity contribution in [2.75, 3.05) is 23.7 Å². The monoisotopic (exact) mass is 404 g/mol. The fourth-order valence-electron chi connectivity index (χ4n) is 3.33. The molecule has 0 radical (unpaired) electrons. The van der Waals surface area contributed by atoms with Crippen LogP contribution < -0.4 is 16.0 Å². The molecule has 7 nitrogen and oxygen atoms in total. The summed E-state index contributed by atoms with van der Waals surface area (Å²) in [6.45, 7) is 4.72. The molecule has 0 aliphatic carbocycles. The van der Waals surface area contributed by atoms with E-state index in [9.17, 15) is 9.59 Å². The van der Waals surface area contributed by atoms with Crippen LogP contribution in [0.3, 0.4) is 0 Å². The van der Waals surface area contributed by atoms with Crippen LogP contribution in [0.5, 0.6) is 0 Å². The zero-order valence-electron chi connectivity index (χ0n) is 15.2. The molecule has 2 amide bonds. The van der Waals surface area contributed by atoms with Gasteiger partial charge in [-0.2, -0.15) is 0 Å². The summed E-state index contributed by atoms with van der Waals surface area (Å²) < 4.78 is 6.94. The van der Waals surface area contributed by atoms with Gasteiger partial charge in [-0.25, -0.2) is 4.98 Å². The number of fused-ring (bicyclic) bond motifs is 4. The lowest BCUT2D eigenvalue weighted by Gasteiger charge is -2.02. The van der Waals surface area contributed by atoms with Crippen LogP contribution in [0.25, 0.3) is 32.6 Å². The molecule has 2 aromatic heterocycles. The minimum Gasteiger partial charge on any atom is -0.436 e. The Hall–Kier alpha value is -3.65. The van der Waals surface area contributed by atoms with Crippen molar-refractivity contribution in [3.63, 3.8) is 0 Å². The molecule has 0 saturated carbocycles. The Bertz CT molecular complexity index is 1300. The second-order valence-electron chi connectivity index (χ2n) is 6.59. The normalized spacial score (nSPS) is 13.4. The fourth-order valence-corrected chi connectivity index (χ4v) is 4.41. The molecule has 3 heterocycles. The van der Waals surface area contributed by atoms with E-state index < -0.39 is 0 Å². The largest absolute Gasteiger partial charge is 0.436 e. The van der Waals surface area contributed by atoms with Crippen LogP contribution in [0.15, 0.2) is 53.5 Å². The number of aromatic nitrogens is 1. The third kappa shape index (κ3) is 3.03. The summed E-state index contributed by atoms with van der Waals surface area (Å²) in [5.74, 6) is 0.143. The van der Waals surface area contributed by atoms with Crippen LogP contribution in [0.2, 0.25) is 0 Å². The SMILES string of the molecule is C=CC(=O)Nc1ccc2oc(-c3ccc4sc5c(c4c3)NCCNC5=O)nc2c1. The first-order chi connectivity index (χ1) is 14.1. The van der Waals surface area contributed by atoms with E-state index in [1.807, 2.05) is 18.2 Å². The number of nitrogens with one attached hydrogen (secondary N) is 3. The van der Waals surface area contributed by atoms with Gasteiger partial charge in [-0.3, -0.25) is 9.59 Å². The molecule has 4 aromatic rings. The summed E-state index contributed by atoms with van der Waals surface area (Å²) in [6.07, 6.45) is 1.21. The smallest absolute Gasteiger partial charge is 0.263 e. The number of hydrogen-bond acceptors (Lipinski definition) is 6. The first-order valence-electron chi connectivity index (χ1n) is 9.05. The number of carbonyl (C=O) groups excluding carboxylic acids is 2. The Labute approximate surface area is 169 Å². The van der Waals surface area contributed by atoms with Gasteiger partial charge in [0.2, 0.25) is 11.8 Å². The average Bonchev–Trinajstić information content (AvgIpc) is 3.26. The Morgan fingerprint density at radius 2 is 2.07 bits per heavy atom. The highest BCUT2D eigenvalue weighted by Gasteiger charge is 2.21. The van der Waals surface area contributed by atoms with Crippen molar-refractivity contribution in [2.45, 2.75) is 0 Å². The topological polar surface area (TPSA) is 96.3 Å². The van der Waals surface area contributed by atoms with Gasteiger partial charge in [-0.05, 0) is 42.5 Å². The lowest BCUT2D eigenvalue weighted by Crippen LogP contribution is -2.24. The van der Waals surface area contributed by atoms with Gasteiger partial charge >= 0.3 is 0 Å². The van der Waals surface area contributed by atoms with Crippen molar-refractivity contribution < 1.29 is 14.0 Å². The van der Waals surface area contributed by atoms with Gasteiger partial charge in [0.25, 0.3) is 5.91 Å². The molecule has 0 bridgehead atoms. The molecule has 1 aliphatic rings.